The van der Waals surface area contributed by atoms with Gasteiger partial charge in [-0.2, -0.15) is 0 Å². The third-order valence-corrected chi connectivity index (χ3v) is 10.9. The molecule has 4 aromatic carbocycles. The number of aryl methyl sites for hydroxylation is 2. The van der Waals surface area contributed by atoms with Crippen molar-refractivity contribution < 1.29 is 28.4 Å². The van der Waals surface area contributed by atoms with Gasteiger partial charge in [-0.05, 0) is 114 Å². The van der Waals surface area contributed by atoms with E-state index in [1.807, 2.05) is 30.5 Å². The van der Waals surface area contributed by atoms with Crippen LogP contribution in [0.4, 0.5) is 5.69 Å². The maximum absolute atomic E-state index is 5.62. The van der Waals surface area contributed by atoms with E-state index in [4.69, 9.17) is 33.4 Å². The Balaban J connectivity index is 1.07. The Bertz CT molecular complexity index is 2010. The number of methoxy groups -OCH3 is 6. The summed E-state index contributed by atoms with van der Waals surface area (Å²) in [4.78, 5) is 9.91. The average molecular weight is 730 g/mol. The van der Waals surface area contributed by atoms with Crippen molar-refractivity contribution >= 4 is 5.69 Å². The molecule has 9 heteroatoms. The molecule has 2 aliphatic rings. The molecule has 282 valence electrons. The zero-order chi connectivity index (χ0) is 37.6. The summed E-state index contributed by atoms with van der Waals surface area (Å²) < 4.78 is 33.5. The number of aromatic nitrogens is 1. The Kier molecular flexibility index (Phi) is 11.4. The number of pyridine rings is 1. The lowest BCUT2D eigenvalue weighted by molar-refractivity contribution is 0.201. The zero-order valence-electron chi connectivity index (χ0n) is 32.3. The topological polar surface area (TPSA) is 74.8 Å². The summed E-state index contributed by atoms with van der Waals surface area (Å²) in [5.41, 5.74) is 10.8. The van der Waals surface area contributed by atoms with Gasteiger partial charge in [-0.25, -0.2) is 0 Å². The molecular weight excluding hydrogens is 679 g/mol. The van der Waals surface area contributed by atoms with Gasteiger partial charge in [0.05, 0.1) is 48.4 Å². The van der Waals surface area contributed by atoms with Crippen molar-refractivity contribution in [3.63, 3.8) is 0 Å². The summed E-state index contributed by atoms with van der Waals surface area (Å²) in [6.07, 6.45) is 7.67. The van der Waals surface area contributed by atoms with Gasteiger partial charge in [0, 0.05) is 49.7 Å². The Morgan fingerprint density at radius 3 is 1.78 bits per heavy atom. The van der Waals surface area contributed by atoms with Crippen LogP contribution in [-0.4, -0.2) is 71.7 Å². The molecule has 0 N–H and O–H groups in total. The van der Waals surface area contributed by atoms with Crippen molar-refractivity contribution in [1.82, 2.24) is 9.88 Å². The molecule has 0 saturated carbocycles. The number of benzene rings is 4. The van der Waals surface area contributed by atoms with Crippen LogP contribution < -0.4 is 33.3 Å². The fourth-order valence-electron chi connectivity index (χ4n) is 8.02. The Labute approximate surface area is 319 Å². The van der Waals surface area contributed by atoms with Crippen LogP contribution in [0.2, 0.25) is 0 Å². The van der Waals surface area contributed by atoms with E-state index in [1.54, 1.807) is 42.7 Å². The van der Waals surface area contributed by atoms with E-state index in [0.717, 1.165) is 61.4 Å². The highest BCUT2D eigenvalue weighted by molar-refractivity contribution is 5.72. The van der Waals surface area contributed by atoms with Crippen molar-refractivity contribution in [3.05, 3.63) is 107 Å². The first-order valence-electron chi connectivity index (χ1n) is 18.7. The highest BCUT2D eigenvalue weighted by atomic mass is 16.5. The van der Waals surface area contributed by atoms with Crippen LogP contribution in [0, 0.1) is 0 Å². The largest absolute Gasteiger partial charge is 0.493 e. The van der Waals surface area contributed by atoms with Gasteiger partial charge in [0.1, 0.15) is 0 Å². The van der Waals surface area contributed by atoms with Crippen LogP contribution >= 0.6 is 0 Å². The zero-order valence-corrected chi connectivity index (χ0v) is 32.3. The standard InChI is InChI=1S/C45H51N3O6/c1-49-40-24-35(25-41(50-2)44(40)53-5)33-12-10-30(11-13-33)29-48(38-15-14-32-8-7-9-34(32)23-38)37-17-20-47(21-18-37)28-31-16-19-46-39(22-31)36-26-42(51-3)45(54-6)43(27-36)52-4/h10-16,19,22-27,37H,7-9,17-18,20-21,28-29H2,1-6H3. The Morgan fingerprint density at radius 2 is 1.19 bits per heavy atom. The minimum atomic E-state index is 0.433. The SMILES string of the molecule is COc1cc(-c2ccc(CN(c3ccc4c(c3)CCC4)C3CCN(Cc4ccnc(-c5cc(OC)c(OC)c(OC)c5)c4)CC3)cc2)cc(OC)c1OC. The molecule has 7 rings (SSSR count). The first-order chi connectivity index (χ1) is 26.4. The molecule has 0 atom stereocenters. The van der Waals surface area contributed by atoms with E-state index in [9.17, 15) is 0 Å². The Hall–Kier alpha value is -5.41. The number of hydrogen-bond donors (Lipinski definition) is 0. The number of piperidine rings is 1. The molecule has 0 unspecified atom stereocenters. The molecule has 1 aromatic heterocycles. The number of likely N-dealkylation sites (tertiary alicyclic amines) is 1. The van der Waals surface area contributed by atoms with Gasteiger partial charge in [0.15, 0.2) is 23.0 Å². The molecule has 5 aromatic rings. The fraction of sp³-hybridized carbons (Fsp3) is 0.356. The van der Waals surface area contributed by atoms with Gasteiger partial charge in [-0.3, -0.25) is 9.88 Å². The molecule has 54 heavy (non-hydrogen) atoms. The molecule has 0 amide bonds. The van der Waals surface area contributed by atoms with Crippen molar-refractivity contribution in [2.75, 3.05) is 60.6 Å². The van der Waals surface area contributed by atoms with Crippen LogP contribution in [0.15, 0.2) is 85.1 Å². The van der Waals surface area contributed by atoms with Crippen molar-refractivity contribution in [3.8, 4) is 56.9 Å². The van der Waals surface area contributed by atoms with Crippen molar-refractivity contribution in [1.29, 1.82) is 0 Å². The maximum atomic E-state index is 5.62. The monoisotopic (exact) mass is 729 g/mol. The average Bonchev–Trinajstić information content (AvgIpc) is 3.70. The van der Waals surface area contributed by atoms with E-state index < -0.39 is 0 Å². The smallest absolute Gasteiger partial charge is 0.203 e. The second-order valence-corrected chi connectivity index (χ2v) is 14.0. The quantitative estimate of drug-likeness (QED) is 0.112. The molecule has 1 aliphatic heterocycles. The number of hydrogen-bond acceptors (Lipinski definition) is 9. The minimum absolute atomic E-state index is 0.433. The molecule has 1 aliphatic carbocycles. The molecule has 1 fully saturated rings. The predicted molar refractivity (Wildman–Crippen MR) is 214 cm³/mol. The molecule has 2 heterocycles. The van der Waals surface area contributed by atoms with Crippen LogP contribution in [0.25, 0.3) is 22.4 Å². The number of nitrogens with zero attached hydrogens (tertiary/aromatic N) is 3. The lowest BCUT2D eigenvalue weighted by Gasteiger charge is -2.40. The van der Waals surface area contributed by atoms with Gasteiger partial charge in [0.25, 0.3) is 0 Å². The summed E-state index contributed by atoms with van der Waals surface area (Å²) in [5.74, 6) is 3.69. The van der Waals surface area contributed by atoms with E-state index in [2.05, 4.69) is 64.4 Å². The summed E-state index contributed by atoms with van der Waals surface area (Å²) in [5, 5.41) is 0. The van der Waals surface area contributed by atoms with E-state index in [0.29, 0.717) is 40.5 Å². The molecule has 0 radical (unpaired) electrons. The summed E-state index contributed by atoms with van der Waals surface area (Å²) in [6.45, 7) is 3.76. The van der Waals surface area contributed by atoms with Gasteiger partial charge in [0.2, 0.25) is 11.5 Å². The summed E-state index contributed by atoms with van der Waals surface area (Å²) in [7, 11) is 9.81. The first kappa shape index (κ1) is 36.9. The second-order valence-electron chi connectivity index (χ2n) is 14.0. The minimum Gasteiger partial charge on any atom is -0.493 e. The molecule has 9 nitrogen and oxygen atoms in total. The van der Waals surface area contributed by atoms with Crippen LogP contribution in [0.5, 0.6) is 34.5 Å². The normalized spacial score (nSPS) is 14.3. The maximum Gasteiger partial charge on any atom is 0.203 e. The lowest BCUT2D eigenvalue weighted by atomic mass is 9.98. The van der Waals surface area contributed by atoms with E-state index in [1.165, 1.54) is 47.2 Å². The van der Waals surface area contributed by atoms with Crippen LogP contribution in [0.3, 0.4) is 0 Å². The number of ether oxygens (including phenoxy) is 6. The fourth-order valence-corrected chi connectivity index (χ4v) is 8.02. The number of fused-ring (bicyclic) bond motifs is 1. The third kappa shape index (κ3) is 7.78. The molecule has 0 bridgehead atoms. The van der Waals surface area contributed by atoms with Gasteiger partial charge in [-0.1, -0.05) is 30.3 Å². The number of anilines is 1. The van der Waals surface area contributed by atoms with E-state index in [-0.39, 0.29) is 0 Å². The third-order valence-electron chi connectivity index (χ3n) is 10.9. The van der Waals surface area contributed by atoms with E-state index >= 15 is 0 Å². The van der Waals surface area contributed by atoms with Crippen molar-refractivity contribution in [2.45, 2.75) is 51.2 Å². The van der Waals surface area contributed by atoms with Crippen LogP contribution in [0.1, 0.15) is 41.5 Å². The molecule has 0 spiro atoms. The van der Waals surface area contributed by atoms with Gasteiger partial charge >= 0.3 is 0 Å². The lowest BCUT2D eigenvalue weighted by Crippen LogP contribution is -2.44. The highest BCUT2D eigenvalue weighted by Gasteiger charge is 2.27. The van der Waals surface area contributed by atoms with Gasteiger partial charge < -0.3 is 33.3 Å². The molecule has 1 saturated heterocycles. The van der Waals surface area contributed by atoms with Crippen LogP contribution in [-0.2, 0) is 25.9 Å². The van der Waals surface area contributed by atoms with Crippen molar-refractivity contribution in [2.24, 2.45) is 0 Å². The van der Waals surface area contributed by atoms with Gasteiger partial charge in [-0.15, -0.1) is 0 Å². The highest BCUT2D eigenvalue weighted by Crippen LogP contribution is 2.42. The predicted octanol–water partition coefficient (Wildman–Crippen LogP) is 8.63. The first-order valence-corrected chi connectivity index (χ1v) is 18.7. The summed E-state index contributed by atoms with van der Waals surface area (Å²) in [6, 6.07) is 28.7. The second kappa shape index (κ2) is 16.7. The Morgan fingerprint density at radius 1 is 0.593 bits per heavy atom. The summed E-state index contributed by atoms with van der Waals surface area (Å²) >= 11 is 0. The molecular formula is C45H51N3O6. The number of rotatable bonds is 14.